The summed E-state index contributed by atoms with van der Waals surface area (Å²) >= 11 is 0. The van der Waals surface area contributed by atoms with Gasteiger partial charge in [0.15, 0.2) is 22.4 Å². The van der Waals surface area contributed by atoms with Gasteiger partial charge in [0.05, 0.1) is 12.5 Å². The number of allylic oxidation sites excluding steroid dienone is 1. The average Bonchev–Trinajstić information content (AvgIpc) is 3.16. The Kier molecular flexibility index (Phi) is 9.62. The fourth-order valence-corrected chi connectivity index (χ4v) is 6.72. The van der Waals surface area contributed by atoms with Gasteiger partial charge in [0.2, 0.25) is 0 Å². The van der Waals surface area contributed by atoms with Crippen molar-refractivity contribution >= 4 is 28.4 Å². The third-order valence-corrected chi connectivity index (χ3v) is 17.7. The molecule has 0 bridgehead atoms. The Balaban J connectivity index is 1.86. The van der Waals surface area contributed by atoms with Gasteiger partial charge in [-0.05, 0) is 55.2 Å². The monoisotopic (exact) mass is 510 g/mol. The Morgan fingerprint density at radius 2 is 1.62 bits per heavy atom. The zero-order valence-electron chi connectivity index (χ0n) is 23.5. The third kappa shape index (κ3) is 7.61. The topological polar surface area (TPSA) is 61.8 Å². The summed E-state index contributed by atoms with van der Waals surface area (Å²) in [5, 5.41) is 0.341. The van der Waals surface area contributed by atoms with Gasteiger partial charge in [-0.2, -0.15) is 0 Å². The van der Waals surface area contributed by atoms with Crippen LogP contribution >= 0.6 is 0 Å². The van der Waals surface area contributed by atoms with Gasteiger partial charge < -0.3 is 13.6 Å². The standard InChI is InChI=1S/C27H50O5Si2/c1-26(2,3)33(7,8)30-17-13-11-12-14-20(28)15-16-21-22-18-25(29)31-23(22)19-24(21)32-34(9,10)27(4,5)6/h15-16,21-24H,11-14,17-19H2,1-10H3/b16-15+/t21-,22-,23+,24-/m1/s1. The molecule has 0 aromatic heterocycles. The van der Waals surface area contributed by atoms with Crippen molar-refractivity contribution in [3.05, 3.63) is 12.2 Å². The van der Waals surface area contributed by atoms with E-state index >= 15 is 0 Å². The summed E-state index contributed by atoms with van der Waals surface area (Å²) in [5.74, 6) is 0.224. The van der Waals surface area contributed by atoms with Crippen molar-refractivity contribution in [1.29, 1.82) is 0 Å². The molecule has 2 fully saturated rings. The third-order valence-electron chi connectivity index (χ3n) is 8.64. The first-order chi connectivity index (χ1) is 15.4. The number of fused-ring (bicyclic) bond motifs is 1. The fraction of sp³-hybridized carbons (Fsp3) is 0.852. The summed E-state index contributed by atoms with van der Waals surface area (Å²) in [6.45, 7) is 23.3. The van der Waals surface area contributed by atoms with Crippen LogP contribution in [0.15, 0.2) is 12.2 Å². The summed E-state index contributed by atoms with van der Waals surface area (Å²) in [6, 6.07) is 0. The fourth-order valence-electron chi connectivity index (χ4n) is 4.27. The number of ketones is 1. The summed E-state index contributed by atoms with van der Waals surface area (Å²) in [4.78, 5) is 24.5. The molecule has 0 aromatic carbocycles. The summed E-state index contributed by atoms with van der Waals surface area (Å²) in [6.07, 6.45) is 8.30. The van der Waals surface area contributed by atoms with E-state index in [-0.39, 0.29) is 45.9 Å². The number of carbonyl (C=O) groups excluding carboxylic acids is 2. The van der Waals surface area contributed by atoms with E-state index in [1.165, 1.54) is 0 Å². The predicted octanol–water partition coefficient (Wildman–Crippen LogP) is 7.04. The largest absolute Gasteiger partial charge is 0.462 e. The molecule has 0 amide bonds. The Morgan fingerprint density at radius 3 is 2.21 bits per heavy atom. The van der Waals surface area contributed by atoms with Crippen LogP contribution in [0, 0.1) is 11.8 Å². The first-order valence-corrected chi connectivity index (χ1v) is 19.0. The summed E-state index contributed by atoms with van der Waals surface area (Å²) in [5.41, 5.74) is 0. The molecular formula is C27H50O5Si2. The number of rotatable bonds is 11. The summed E-state index contributed by atoms with van der Waals surface area (Å²) < 4.78 is 18.5. The second kappa shape index (κ2) is 11.1. The highest BCUT2D eigenvalue weighted by Crippen LogP contribution is 2.47. The van der Waals surface area contributed by atoms with Crippen LogP contribution in [0.2, 0.25) is 36.3 Å². The highest BCUT2D eigenvalue weighted by Gasteiger charge is 2.52. The molecule has 4 atom stereocenters. The zero-order valence-corrected chi connectivity index (χ0v) is 25.5. The molecule has 7 heteroatoms. The molecule has 1 saturated carbocycles. The lowest BCUT2D eigenvalue weighted by Crippen LogP contribution is -2.45. The molecule has 1 aliphatic heterocycles. The van der Waals surface area contributed by atoms with E-state index in [4.69, 9.17) is 13.6 Å². The smallest absolute Gasteiger partial charge is 0.306 e. The van der Waals surface area contributed by atoms with Crippen molar-refractivity contribution in [2.45, 2.75) is 129 Å². The van der Waals surface area contributed by atoms with Crippen molar-refractivity contribution < 1.29 is 23.2 Å². The minimum atomic E-state index is -1.96. The predicted molar refractivity (Wildman–Crippen MR) is 144 cm³/mol. The summed E-state index contributed by atoms with van der Waals surface area (Å²) in [7, 11) is -3.65. The number of carbonyl (C=O) groups is 2. The molecule has 1 aliphatic carbocycles. The van der Waals surface area contributed by atoms with Crippen LogP contribution in [-0.2, 0) is 23.2 Å². The maximum Gasteiger partial charge on any atom is 0.306 e. The molecule has 2 aliphatic rings. The highest BCUT2D eigenvalue weighted by molar-refractivity contribution is 6.74. The normalized spacial score (nSPS) is 26.2. The van der Waals surface area contributed by atoms with E-state index < -0.39 is 16.6 Å². The second-order valence-electron chi connectivity index (χ2n) is 13.4. The Hall–Kier alpha value is -0.766. The maximum atomic E-state index is 12.6. The van der Waals surface area contributed by atoms with Crippen molar-refractivity contribution in [3.63, 3.8) is 0 Å². The van der Waals surface area contributed by atoms with Crippen LogP contribution < -0.4 is 0 Å². The molecule has 0 unspecified atom stereocenters. The van der Waals surface area contributed by atoms with Gasteiger partial charge >= 0.3 is 5.97 Å². The quantitative estimate of drug-likeness (QED) is 0.129. The minimum Gasteiger partial charge on any atom is -0.462 e. The SMILES string of the molecule is CC(C)(C)[Si](C)(C)OCCCCCC(=O)/C=C/[C@@H]1[C@H]2CC(=O)O[C@H]2C[C@H]1O[Si](C)(C)C(C)(C)C. The Morgan fingerprint density at radius 1 is 1.00 bits per heavy atom. The van der Waals surface area contributed by atoms with E-state index in [2.05, 4.69) is 67.7 Å². The van der Waals surface area contributed by atoms with Crippen LogP contribution in [0.4, 0.5) is 0 Å². The van der Waals surface area contributed by atoms with Crippen molar-refractivity contribution in [2.24, 2.45) is 11.8 Å². The number of unbranched alkanes of at least 4 members (excludes halogenated alkanes) is 2. The Labute approximate surface area is 210 Å². The van der Waals surface area contributed by atoms with Gasteiger partial charge in [-0.15, -0.1) is 0 Å². The lowest BCUT2D eigenvalue weighted by molar-refractivity contribution is -0.141. The van der Waals surface area contributed by atoms with E-state index in [0.29, 0.717) is 12.8 Å². The van der Waals surface area contributed by atoms with E-state index in [1.807, 2.05) is 6.08 Å². The molecule has 196 valence electrons. The van der Waals surface area contributed by atoms with Gasteiger partial charge in [-0.3, -0.25) is 9.59 Å². The van der Waals surface area contributed by atoms with E-state index in [0.717, 1.165) is 32.3 Å². The molecular weight excluding hydrogens is 460 g/mol. The van der Waals surface area contributed by atoms with Gasteiger partial charge in [-0.1, -0.05) is 54.0 Å². The molecule has 1 saturated heterocycles. The van der Waals surface area contributed by atoms with Crippen molar-refractivity contribution in [3.8, 4) is 0 Å². The average molecular weight is 511 g/mol. The molecule has 1 heterocycles. The highest BCUT2D eigenvalue weighted by atomic mass is 28.4. The number of ether oxygens (including phenoxy) is 1. The van der Waals surface area contributed by atoms with Gasteiger partial charge in [0.25, 0.3) is 0 Å². The van der Waals surface area contributed by atoms with Gasteiger partial charge in [0.1, 0.15) is 6.10 Å². The number of hydrogen-bond acceptors (Lipinski definition) is 5. The van der Waals surface area contributed by atoms with Crippen LogP contribution in [0.1, 0.15) is 80.1 Å². The van der Waals surface area contributed by atoms with E-state index in [1.54, 1.807) is 6.08 Å². The van der Waals surface area contributed by atoms with Gasteiger partial charge in [0, 0.05) is 31.3 Å². The van der Waals surface area contributed by atoms with Crippen molar-refractivity contribution in [2.75, 3.05) is 6.61 Å². The minimum absolute atomic E-state index is 0.0144. The second-order valence-corrected chi connectivity index (χ2v) is 22.9. The molecule has 0 aromatic rings. The van der Waals surface area contributed by atoms with Crippen molar-refractivity contribution in [1.82, 2.24) is 0 Å². The molecule has 0 spiro atoms. The molecule has 34 heavy (non-hydrogen) atoms. The van der Waals surface area contributed by atoms with Crippen LogP contribution in [-0.4, -0.2) is 47.2 Å². The first kappa shape index (κ1) is 29.5. The van der Waals surface area contributed by atoms with Gasteiger partial charge in [-0.25, -0.2) is 0 Å². The maximum absolute atomic E-state index is 12.6. The molecule has 0 N–H and O–H groups in total. The molecule has 5 nitrogen and oxygen atoms in total. The first-order valence-electron chi connectivity index (χ1n) is 13.2. The molecule has 0 radical (unpaired) electrons. The lowest BCUT2D eigenvalue weighted by Gasteiger charge is -2.39. The number of esters is 1. The van der Waals surface area contributed by atoms with Crippen LogP contribution in [0.25, 0.3) is 0 Å². The Bertz CT molecular complexity index is 745. The molecule has 2 rings (SSSR count). The van der Waals surface area contributed by atoms with Crippen LogP contribution in [0.3, 0.4) is 0 Å². The number of hydrogen-bond donors (Lipinski definition) is 0. The van der Waals surface area contributed by atoms with E-state index in [9.17, 15) is 9.59 Å². The lowest BCUT2D eigenvalue weighted by atomic mass is 9.91. The zero-order chi connectivity index (χ0) is 25.9. The van der Waals surface area contributed by atoms with Crippen LogP contribution in [0.5, 0.6) is 0 Å².